The molecule has 5 nitrogen and oxygen atoms in total. The molecule has 1 aliphatic rings. The van der Waals surface area contributed by atoms with Gasteiger partial charge in [0.25, 0.3) is 5.91 Å². The van der Waals surface area contributed by atoms with Gasteiger partial charge < -0.3 is 4.90 Å². The quantitative estimate of drug-likeness (QED) is 0.723. The van der Waals surface area contributed by atoms with E-state index in [-0.39, 0.29) is 5.91 Å². The zero-order valence-corrected chi connectivity index (χ0v) is 14.7. The summed E-state index contributed by atoms with van der Waals surface area (Å²) in [6.45, 7) is 1.63. The van der Waals surface area contributed by atoms with Crippen LogP contribution in [0.2, 0.25) is 0 Å². The summed E-state index contributed by atoms with van der Waals surface area (Å²) in [6.07, 6.45) is 4.76. The molecule has 6 heteroatoms. The van der Waals surface area contributed by atoms with E-state index in [2.05, 4.69) is 22.3 Å². The maximum absolute atomic E-state index is 12.6. The summed E-state index contributed by atoms with van der Waals surface area (Å²) in [6, 6.07) is 12.0. The van der Waals surface area contributed by atoms with Crippen molar-refractivity contribution in [3.8, 4) is 5.69 Å². The highest BCUT2D eigenvalue weighted by Gasteiger charge is 2.26. The number of para-hydroxylation sites is 1. The number of rotatable bonds is 4. The Kier molecular flexibility index (Phi) is 4.61. The van der Waals surface area contributed by atoms with Gasteiger partial charge >= 0.3 is 0 Å². The van der Waals surface area contributed by atoms with Gasteiger partial charge in [-0.15, -0.1) is 10.2 Å². The molecular formula is C19H20N4OS. The third-order valence-electron chi connectivity index (χ3n) is 4.70. The number of amides is 1. The van der Waals surface area contributed by atoms with Gasteiger partial charge in [-0.3, -0.25) is 9.36 Å². The number of hydrogen-bond acceptors (Lipinski definition) is 4. The predicted octanol–water partition coefficient (Wildman–Crippen LogP) is 3.42. The van der Waals surface area contributed by atoms with Crippen molar-refractivity contribution in [1.82, 2.24) is 19.7 Å². The van der Waals surface area contributed by atoms with Crippen molar-refractivity contribution in [3.63, 3.8) is 0 Å². The first-order chi connectivity index (χ1) is 12.3. The second kappa shape index (κ2) is 7.19. The summed E-state index contributed by atoms with van der Waals surface area (Å²) in [7, 11) is 0. The topological polar surface area (TPSA) is 51.0 Å². The van der Waals surface area contributed by atoms with Crippen molar-refractivity contribution in [1.29, 1.82) is 0 Å². The molecule has 0 aliphatic carbocycles. The minimum Gasteiger partial charge on any atom is -0.338 e. The molecule has 1 aromatic carbocycles. The fraction of sp³-hybridized carbons (Fsp3) is 0.316. The van der Waals surface area contributed by atoms with Crippen molar-refractivity contribution in [2.24, 2.45) is 5.92 Å². The van der Waals surface area contributed by atoms with E-state index in [4.69, 9.17) is 0 Å². The van der Waals surface area contributed by atoms with Crippen molar-refractivity contribution in [3.05, 3.63) is 64.9 Å². The predicted molar refractivity (Wildman–Crippen MR) is 98.0 cm³/mol. The van der Waals surface area contributed by atoms with E-state index < -0.39 is 0 Å². The first-order valence-electron chi connectivity index (χ1n) is 8.57. The van der Waals surface area contributed by atoms with E-state index in [0.29, 0.717) is 5.92 Å². The molecule has 1 atom stereocenters. The van der Waals surface area contributed by atoms with Gasteiger partial charge in [0.1, 0.15) is 12.2 Å². The average molecular weight is 352 g/mol. The van der Waals surface area contributed by atoms with Crippen LogP contribution in [0.4, 0.5) is 0 Å². The smallest absolute Gasteiger partial charge is 0.254 e. The lowest BCUT2D eigenvalue weighted by atomic mass is 9.94. The van der Waals surface area contributed by atoms with Crippen LogP contribution < -0.4 is 0 Å². The van der Waals surface area contributed by atoms with Crippen molar-refractivity contribution in [2.75, 3.05) is 13.1 Å². The molecule has 3 aromatic rings. The van der Waals surface area contributed by atoms with E-state index in [1.807, 2.05) is 44.5 Å². The molecular weight excluding hydrogens is 332 g/mol. The molecule has 0 N–H and O–H groups in total. The number of aromatic nitrogens is 3. The number of benzene rings is 1. The molecule has 4 rings (SSSR count). The maximum Gasteiger partial charge on any atom is 0.254 e. The Labute approximate surface area is 150 Å². The number of carbonyl (C=O) groups is 1. The molecule has 1 unspecified atom stereocenters. The molecule has 1 aliphatic heterocycles. The zero-order chi connectivity index (χ0) is 17.1. The van der Waals surface area contributed by atoms with Crippen LogP contribution in [0.5, 0.6) is 0 Å². The maximum atomic E-state index is 12.6. The Morgan fingerprint density at radius 2 is 2.12 bits per heavy atom. The highest BCUT2D eigenvalue weighted by molar-refractivity contribution is 7.08. The standard InChI is InChI=1S/C19H20N4OS/c24-19(16-8-10-25-13-16)22-9-4-5-15(12-22)11-18-21-20-14-23(18)17-6-2-1-3-7-17/h1-3,6-8,10,13-15H,4-5,9,11-12H2. The number of likely N-dealkylation sites (tertiary alicyclic amines) is 1. The minimum atomic E-state index is 0.149. The number of nitrogens with zero attached hydrogens (tertiary/aromatic N) is 4. The molecule has 0 saturated carbocycles. The number of carbonyl (C=O) groups excluding carboxylic acids is 1. The van der Waals surface area contributed by atoms with E-state index in [9.17, 15) is 4.79 Å². The van der Waals surface area contributed by atoms with Gasteiger partial charge in [0.05, 0.1) is 5.56 Å². The molecule has 1 fully saturated rings. The molecule has 25 heavy (non-hydrogen) atoms. The van der Waals surface area contributed by atoms with Gasteiger partial charge in [0.15, 0.2) is 0 Å². The van der Waals surface area contributed by atoms with Crippen LogP contribution in [0.25, 0.3) is 5.69 Å². The van der Waals surface area contributed by atoms with Crippen LogP contribution in [0.15, 0.2) is 53.5 Å². The SMILES string of the molecule is O=C(c1ccsc1)N1CCCC(Cc2nncn2-c2ccccc2)C1. The lowest BCUT2D eigenvalue weighted by Gasteiger charge is -2.32. The second-order valence-electron chi connectivity index (χ2n) is 6.43. The lowest BCUT2D eigenvalue weighted by molar-refractivity contribution is 0.0672. The van der Waals surface area contributed by atoms with Gasteiger partial charge in [0.2, 0.25) is 0 Å². The number of thiophene rings is 1. The molecule has 0 bridgehead atoms. The molecule has 1 amide bonds. The third-order valence-corrected chi connectivity index (χ3v) is 5.38. The molecule has 2 aromatic heterocycles. The fourth-order valence-corrected chi connectivity index (χ4v) is 4.08. The highest BCUT2D eigenvalue weighted by Crippen LogP contribution is 2.23. The van der Waals surface area contributed by atoms with Crippen molar-refractivity contribution >= 4 is 17.2 Å². The van der Waals surface area contributed by atoms with E-state index in [1.54, 1.807) is 17.7 Å². The molecule has 128 valence electrons. The van der Waals surface area contributed by atoms with Gasteiger partial charge in [0, 0.05) is 30.6 Å². The second-order valence-corrected chi connectivity index (χ2v) is 7.21. The summed E-state index contributed by atoms with van der Waals surface area (Å²) < 4.78 is 2.04. The summed E-state index contributed by atoms with van der Waals surface area (Å²) in [5.41, 5.74) is 1.88. The molecule has 3 heterocycles. The number of piperidine rings is 1. The highest BCUT2D eigenvalue weighted by atomic mass is 32.1. The largest absolute Gasteiger partial charge is 0.338 e. The fourth-order valence-electron chi connectivity index (χ4n) is 3.45. The van der Waals surface area contributed by atoms with Crippen LogP contribution in [0.1, 0.15) is 29.0 Å². The van der Waals surface area contributed by atoms with Crippen LogP contribution in [-0.2, 0) is 6.42 Å². The van der Waals surface area contributed by atoms with E-state index in [1.165, 1.54) is 0 Å². The Hall–Kier alpha value is -2.47. The molecule has 0 radical (unpaired) electrons. The Balaban J connectivity index is 1.47. The molecule has 0 spiro atoms. The summed E-state index contributed by atoms with van der Waals surface area (Å²) in [5.74, 6) is 1.53. The monoisotopic (exact) mass is 352 g/mol. The number of hydrogen-bond donors (Lipinski definition) is 0. The van der Waals surface area contributed by atoms with Gasteiger partial charge in [-0.2, -0.15) is 11.3 Å². The first-order valence-corrected chi connectivity index (χ1v) is 9.51. The van der Waals surface area contributed by atoms with Crippen LogP contribution >= 0.6 is 11.3 Å². The van der Waals surface area contributed by atoms with Gasteiger partial charge in [-0.1, -0.05) is 18.2 Å². The van der Waals surface area contributed by atoms with Crippen LogP contribution in [0, 0.1) is 5.92 Å². The van der Waals surface area contributed by atoms with E-state index in [0.717, 1.165) is 49.4 Å². The average Bonchev–Trinajstić information content (AvgIpc) is 3.34. The first kappa shape index (κ1) is 16.0. The Morgan fingerprint density at radius 3 is 2.92 bits per heavy atom. The van der Waals surface area contributed by atoms with Crippen molar-refractivity contribution < 1.29 is 4.79 Å². The third kappa shape index (κ3) is 3.49. The molecule has 1 saturated heterocycles. The minimum absolute atomic E-state index is 0.149. The van der Waals surface area contributed by atoms with Gasteiger partial charge in [-0.05, 0) is 42.3 Å². The zero-order valence-electron chi connectivity index (χ0n) is 13.9. The van der Waals surface area contributed by atoms with Crippen LogP contribution in [0.3, 0.4) is 0 Å². The normalized spacial score (nSPS) is 17.6. The van der Waals surface area contributed by atoms with E-state index >= 15 is 0 Å². The Morgan fingerprint density at radius 1 is 1.24 bits per heavy atom. The Bertz CT molecular complexity index is 828. The van der Waals surface area contributed by atoms with Crippen LogP contribution in [-0.4, -0.2) is 38.7 Å². The summed E-state index contributed by atoms with van der Waals surface area (Å²) >= 11 is 1.57. The van der Waals surface area contributed by atoms with Gasteiger partial charge in [-0.25, -0.2) is 0 Å². The lowest BCUT2D eigenvalue weighted by Crippen LogP contribution is -2.40. The summed E-state index contributed by atoms with van der Waals surface area (Å²) in [4.78, 5) is 14.6. The van der Waals surface area contributed by atoms with Crippen molar-refractivity contribution in [2.45, 2.75) is 19.3 Å². The summed E-state index contributed by atoms with van der Waals surface area (Å²) in [5, 5.41) is 12.3.